The molecule has 0 aromatic carbocycles. The Bertz CT molecular complexity index is 653. The Morgan fingerprint density at radius 1 is 1.29 bits per heavy atom. The fourth-order valence-corrected chi connectivity index (χ4v) is 4.28. The smallest absolute Gasteiger partial charge is 0.143 e. The molecule has 2 aliphatic rings. The first-order valence-electron chi connectivity index (χ1n) is 7.90. The second-order valence-corrected chi connectivity index (χ2v) is 6.37. The third-order valence-corrected chi connectivity index (χ3v) is 5.35. The molecule has 0 amide bonds. The number of rotatable bonds is 4. The molecule has 4 rings (SSSR count). The number of aryl methyl sites for hydroxylation is 1. The van der Waals surface area contributed by atoms with Gasteiger partial charge >= 0.3 is 0 Å². The molecule has 0 radical (unpaired) electrons. The van der Waals surface area contributed by atoms with Crippen LogP contribution in [0.2, 0.25) is 0 Å². The fraction of sp³-hybridized carbons (Fsp3) is 0.625. The quantitative estimate of drug-likeness (QED) is 0.907. The molecule has 21 heavy (non-hydrogen) atoms. The van der Waals surface area contributed by atoms with Gasteiger partial charge in [0.2, 0.25) is 0 Å². The molecule has 2 aromatic rings. The molecule has 0 aliphatic heterocycles. The minimum absolute atomic E-state index is 0.469. The van der Waals surface area contributed by atoms with E-state index in [1.807, 2.05) is 13.3 Å². The minimum atomic E-state index is 0.469. The van der Waals surface area contributed by atoms with Crippen molar-refractivity contribution in [1.82, 2.24) is 15.0 Å². The number of hydrogen-bond acceptors (Lipinski definition) is 4. The van der Waals surface area contributed by atoms with Crippen molar-refractivity contribution >= 4 is 16.9 Å². The van der Waals surface area contributed by atoms with Gasteiger partial charge in [-0.25, -0.2) is 9.97 Å². The van der Waals surface area contributed by atoms with Crippen LogP contribution in [0.4, 0.5) is 5.82 Å². The van der Waals surface area contributed by atoms with E-state index in [1.54, 1.807) is 6.33 Å². The van der Waals surface area contributed by atoms with Crippen LogP contribution in [-0.2, 0) is 11.2 Å². The van der Waals surface area contributed by atoms with Crippen LogP contribution in [0.1, 0.15) is 31.7 Å². The predicted molar refractivity (Wildman–Crippen MR) is 82.3 cm³/mol. The molecule has 2 saturated carbocycles. The molecule has 2 aromatic heterocycles. The topological polar surface area (TPSA) is 62.8 Å². The molecule has 2 fully saturated rings. The maximum absolute atomic E-state index is 5.58. The summed E-state index contributed by atoms with van der Waals surface area (Å²) in [5, 5.41) is 4.85. The second kappa shape index (κ2) is 4.98. The Hall–Kier alpha value is -1.62. The standard InChI is InChI=1S/C16H22N4O/c1-3-9-7-17-15-14(9)16(19-8-18-15)20-12-5-11-4-10(12)6-13(11)21-2/h7-8,10-13H,3-6H2,1-2H3,(H2,17,18,19,20). The summed E-state index contributed by atoms with van der Waals surface area (Å²) in [6.45, 7) is 2.17. The maximum Gasteiger partial charge on any atom is 0.143 e. The molecule has 0 saturated heterocycles. The van der Waals surface area contributed by atoms with Gasteiger partial charge in [0.15, 0.2) is 0 Å². The molecular weight excluding hydrogens is 264 g/mol. The lowest BCUT2D eigenvalue weighted by Gasteiger charge is -2.28. The Kier molecular flexibility index (Phi) is 3.10. The molecule has 2 N–H and O–H groups in total. The lowest BCUT2D eigenvalue weighted by atomic mass is 9.93. The molecular formula is C16H22N4O. The average molecular weight is 286 g/mol. The van der Waals surface area contributed by atoms with Crippen LogP contribution in [0.15, 0.2) is 12.5 Å². The van der Waals surface area contributed by atoms with E-state index >= 15 is 0 Å². The van der Waals surface area contributed by atoms with Gasteiger partial charge in [-0.3, -0.25) is 0 Å². The highest BCUT2D eigenvalue weighted by molar-refractivity contribution is 5.90. The zero-order valence-corrected chi connectivity index (χ0v) is 12.6. The highest BCUT2D eigenvalue weighted by Gasteiger charge is 2.46. The first-order chi connectivity index (χ1) is 10.3. The van der Waals surface area contributed by atoms with Crippen molar-refractivity contribution < 1.29 is 4.74 Å². The largest absolute Gasteiger partial charge is 0.381 e. The molecule has 5 nitrogen and oxygen atoms in total. The van der Waals surface area contributed by atoms with Crippen molar-refractivity contribution in [2.24, 2.45) is 11.8 Å². The van der Waals surface area contributed by atoms with E-state index in [2.05, 4.69) is 27.2 Å². The third-order valence-electron chi connectivity index (χ3n) is 5.35. The fourth-order valence-electron chi connectivity index (χ4n) is 4.28. The average Bonchev–Trinajstić information content (AvgIpc) is 3.20. The Morgan fingerprint density at radius 3 is 2.90 bits per heavy atom. The van der Waals surface area contributed by atoms with Crippen molar-refractivity contribution in [1.29, 1.82) is 0 Å². The highest BCUT2D eigenvalue weighted by atomic mass is 16.5. The summed E-state index contributed by atoms with van der Waals surface area (Å²) in [6, 6.07) is 0.527. The number of anilines is 1. The molecule has 0 spiro atoms. The maximum atomic E-state index is 5.58. The number of H-pyrrole nitrogens is 1. The minimum Gasteiger partial charge on any atom is -0.381 e. The van der Waals surface area contributed by atoms with Crippen molar-refractivity contribution in [3.63, 3.8) is 0 Å². The predicted octanol–water partition coefficient (Wildman–Crippen LogP) is 2.75. The van der Waals surface area contributed by atoms with Gasteiger partial charge in [-0.2, -0.15) is 0 Å². The zero-order chi connectivity index (χ0) is 14.4. The van der Waals surface area contributed by atoms with Gasteiger partial charge in [0.05, 0.1) is 11.5 Å². The second-order valence-electron chi connectivity index (χ2n) is 6.37. The number of hydrogen-bond donors (Lipinski definition) is 2. The number of aromatic amines is 1. The summed E-state index contributed by atoms with van der Waals surface area (Å²) in [4.78, 5) is 12.1. The van der Waals surface area contributed by atoms with Gasteiger partial charge in [-0.1, -0.05) is 6.92 Å². The normalized spacial score (nSPS) is 31.1. The third kappa shape index (κ3) is 2.02. The highest BCUT2D eigenvalue weighted by Crippen LogP contribution is 2.47. The summed E-state index contributed by atoms with van der Waals surface area (Å²) >= 11 is 0. The molecule has 112 valence electrons. The van der Waals surface area contributed by atoms with Gasteiger partial charge in [0.1, 0.15) is 17.8 Å². The van der Waals surface area contributed by atoms with Crippen LogP contribution in [-0.4, -0.2) is 34.2 Å². The van der Waals surface area contributed by atoms with Crippen molar-refractivity contribution in [2.45, 2.75) is 44.8 Å². The number of nitrogens with zero attached hydrogens (tertiary/aromatic N) is 2. The van der Waals surface area contributed by atoms with Crippen molar-refractivity contribution in [3.8, 4) is 0 Å². The van der Waals surface area contributed by atoms with Crippen LogP contribution in [0, 0.1) is 11.8 Å². The number of ether oxygens (including phenoxy) is 1. The van der Waals surface area contributed by atoms with Crippen LogP contribution in [0.25, 0.3) is 11.0 Å². The van der Waals surface area contributed by atoms with Gasteiger partial charge < -0.3 is 15.0 Å². The molecule has 5 heteroatoms. The van der Waals surface area contributed by atoms with E-state index in [0.717, 1.165) is 23.3 Å². The van der Waals surface area contributed by atoms with Gasteiger partial charge in [0.25, 0.3) is 0 Å². The number of aromatic nitrogens is 3. The lowest BCUT2D eigenvalue weighted by Crippen LogP contribution is -2.32. The van der Waals surface area contributed by atoms with Gasteiger partial charge in [-0.15, -0.1) is 0 Å². The number of methoxy groups -OCH3 is 1. The summed E-state index contributed by atoms with van der Waals surface area (Å²) in [5.74, 6) is 2.42. The number of fused-ring (bicyclic) bond motifs is 3. The first-order valence-corrected chi connectivity index (χ1v) is 7.90. The van der Waals surface area contributed by atoms with E-state index in [0.29, 0.717) is 24.0 Å². The zero-order valence-electron chi connectivity index (χ0n) is 12.6. The van der Waals surface area contributed by atoms with E-state index < -0.39 is 0 Å². The van der Waals surface area contributed by atoms with E-state index in [4.69, 9.17) is 4.74 Å². The summed E-state index contributed by atoms with van der Waals surface area (Å²) < 4.78 is 5.58. The molecule has 2 heterocycles. The SMILES string of the molecule is CCc1c[nH]c2ncnc(NC3CC4CC3CC4OC)c12. The molecule has 2 aliphatic carbocycles. The summed E-state index contributed by atoms with van der Waals surface area (Å²) in [5.41, 5.74) is 2.22. The summed E-state index contributed by atoms with van der Waals surface area (Å²) in [6.07, 6.45) is 8.82. The van der Waals surface area contributed by atoms with Crippen molar-refractivity contribution in [2.75, 3.05) is 12.4 Å². The molecule has 4 unspecified atom stereocenters. The summed E-state index contributed by atoms with van der Waals surface area (Å²) in [7, 11) is 1.84. The number of nitrogens with one attached hydrogen (secondary N) is 2. The molecule has 2 bridgehead atoms. The Morgan fingerprint density at radius 2 is 2.19 bits per heavy atom. The monoisotopic (exact) mass is 286 g/mol. The van der Waals surface area contributed by atoms with Crippen LogP contribution < -0.4 is 5.32 Å². The van der Waals surface area contributed by atoms with E-state index in [-0.39, 0.29) is 0 Å². The van der Waals surface area contributed by atoms with E-state index in [9.17, 15) is 0 Å². The Labute approximate surface area is 124 Å². The lowest BCUT2D eigenvalue weighted by molar-refractivity contribution is 0.0548. The van der Waals surface area contributed by atoms with Gasteiger partial charge in [-0.05, 0) is 43.1 Å². The van der Waals surface area contributed by atoms with Crippen LogP contribution >= 0.6 is 0 Å². The Balaban J connectivity index is 1.60. The van der Waals surface area contributed by atoms with Crippen molar-refractivity contribution in [3.05, 3.63) is 18.1 Å². The molecule has 4 atom stereocenters. The van der Waals surface area contributed by atoms with E-state index in [1.165, 1.54) is 24.8 Å². The van der Waals surface area contributed by atoms with Crippen LogP contribution in [0.5, 0.6) is 0 Å². The van der Waals surface area contributed by atoms with Crippen LogP contribution in [0.3, 0.4) is 0 Å². The first kappa shape index (κ1) is 13.1. The van der Waals surface area contributed by atoms with Gasteiger partial charge in [0, 0.05) is 19.3 Å².